The number of nitrogens with two attached hydrogens (primary N) is 1. The Hall–Kier alpha value is -0.830. The summed E-state index contributed by atoms with van der Waals surface area (Å²) < 4.78 is 2.17. The van der Waals surface area contributed by atoms with Crippen molar-refractivity contribution in [3.05, 3.63) is 17.7 Å². The molecule has 1 aliphatic rings. The second-order valence-electron chi connectivity index (χ2n) is 4.29. The zero-order valence-electron chi connectivity index (χ0n) is 8.87. The van der Waals surface area contributed by atoms with Crippen LogP contribution in [0.25, 0.3) is 0 Å². The second-order valence-corrected chi connectivity index (χ2v) is 4.29. The van der Waals surface area contributed by atoms with Gasteiger partial charge in [-0.05, 0) is 44.6 Å². The third-order valence-electron chi connectivity index (χ3n) is 3.23. The fraction of sp³-hybridized carbons (Fsp3) is 0.727. The first-order valence-corrected chi connectivity index (χ1v) is 5.50. The van der Waals surface area contributed by atoms with Crippen LogP contribution in [0.5, 0.6) is 0 Å². The Balaban J connectivity index is 2.01. The Labute approximate surface area is 85.3 Å². The summed E-state index contributed by atoms with van der Waals surface area (Å²) in [6.45, 7) is 0.828. The minimum atomic E-state index is 0.828. The van der Waals surface area contributed by atoms with Gasteiger partial charge in [0.2, 0.25) is 0 Å². The van der Waals surface area contributed by atoms with Gasteiger partial charge in [-0.25, -0.2) is 4.98 Å². The fourth-order valence-corrected chi connectivity index (χ4v) is 2.34. The molecule has 3 nitrogen and oxygen atoms in total. The van der Waals surface area contributed by atoms with Crippen LogP contribution in [-0.2, 0) is 19.9 Å². The standard InChI is InChI=1S/C11H19N3/c1-14-8-13-10-5-4-9(3-2-6-12)7-11(10)14/h8-9H,2-7,12H2,1H3. The summed E-state index contributed by atoms with van der Waals surface area (Å²) in [6, 6.07) is 0. The molecular weight excluding hydrogens is 174 g/mol. The monoisotopic (exact) mass is 193 g/mol. The lowest BCUT2D eigenvalue weighted by atomic mass is 9.86. The van der Waals surface area contributed by atoms with Gasteiger partial charge in [0.25, 0.3) is 0 Å². The normalized spacial score (nSPS) is 20.9. The molecule has 1 aromatic rings. The van der Waals surface area contributed by atoms with Crippen molar-refractivity contribution in [2.24, 2.45) is 18.7 Å². The van der Waals surface area contributed by atoms with Crippen molar-refractivity contribution < 1.29 is 0 Å². The smallest absolute Gasteiger partial charge is 0.0949 e. The molecule has 0 radical (unpaired) electrons. The first-order valence-electron chi connectivity index (χ1n) is 5.50. The highest BCUT2D eigenvalue weighted by atomic mass is 15.0. The summed E-state index contributed by atoms with van der Waals surface area (Å²) in [5.41, 5.74) is 8.29. The van der Waals surface area contributed by atoms with Crippen LogP contribution >= 0.6 is 0 Å². The molecule has 2 rings (SSSR count). The van der Waals surface area contributed by atoms with Gasteiger partial charge in [0.05, 0.1) is 12.0 Å². The lowest BCUT2D eigenvalue weighted by Gasteiger charge is -2.22. The first kappa shape index (κ1) is 9.71. The van der Waals surface area contributed by atoms with E-state index in [4.69, 9.17) is 5.73 Å². The van der Waals surface area contributed by atoms with Gasteiger partial charge in [0, 0.05) is 12.7 Å². The lowest BCUT2D eigenvalue weighted by Crippen LogP contribution is -2.17. The molecule has 0 bridgehead atoms. The summed E-state index contributed by atoms with van der Waals surface area (Å²) in [5, 5.41) is 0. The molecule has 1 aliphatic carbocycles. The summed E-state index contributed by atoms with van der Waals surface area (Å²) in [6.07, 6.45) is 8.04. The van der Waals surface area contributed by atoms with E-state index < -0.39 is 0 Å². The number of nitrogens with zero attached hydrogens (tertiary/aromatic N) is 2. The van der Waals surface area contributed by atoms with Crippen molar-refractivity contribution in [3.63, 3.8) is 0 Å². The van der Waals surface area contributed by atoms with E-state index in [1.165, 1.54) is 30.7 Å². The van der Waals surface area contributed by atoms with E-state index in [9.17, 15) is 0 Å². The fourth-order valence-electron chi connectivity index (χ4n) is 2.34. The predicted molar refractivity (Wildman–Crippen MR) is 57.0 cm³/mol. The van der Waals surface area contributed by atoms with Crippen molar-refractivity contribution in [1.29, 1.82) is 0 Å². The molecule has 0 amide bonds. The molecule has 78 valence electrons. The van der Waals surface area contributed by atoms with Crippen LogP contribution in [0.15, 0.2) is 6.33 Å². The molecule has 3 heteroatoms. The number of aromatic nitrogens is 2. The lowest BCUT2D eigenvalue weighted by molar-refractivity contribution is 0.406. The Morgan fingerprint density at radius 1 is 1.64 bits per heavy atom. The van der Waals surface area contributed by atoms with E-state index in [-0.39, 0.29) is 0 Å². The SMILES string of the molecule is Cn1cnc2c1CC(CCCN)CC2. The average molecular weight is 193 g/mol. The molecule has 0 spiro atoms. The molecule has 1 unspecified atom stereocenters. The molecule has 2 N–H and O–H groups in total. The predicted octanol–water partition coefficient (Wildman–Crippen LogP) is 1.26. The van der Waals surface area contributed by atoms with Gasteiger partial charge < -0.3 is 10.3 Å². The zero-order valence-corrected chi connectivity index (χ0v) is 8.87. The summed E-state index contributed by atoms with van der Waals surface area (Å²) in [4.78, 5) is 4.41. The number of rotatable bonds is 3. The second kappa shape index (κ2) is 4.13. The molecule has 1 atom stereocenters. The van der Waals surface area contributed by atoms with E-state index in [2.05, 4.69) is 16.6 Å². The number of hydrogen-bond acceptors (Lipinski definition) is 2. The van der Waals surface area contributed by atoms with Crippen molar-refractivity contribution in [3.8, 4) is 0 Å². The van der Waals surface area contributed by atoms with E-state index in [1.54, 1.807) is 0 Å². The largest absolute Gasteiger partial charge is 0.337 e. The molecule has 0 saturated carbocycles. The minimum absolute atomic E-state index is 0.828. The topological polar surface area (TPSA) is 43.8 Å². The van der Waals surface area contributed by atoms with E-state index in [0.29, 0.717) is 0 Å². The Morgan fingerprint density at radius 2 is 2.50 bits per heavy atom. The molecule has 1 aromatic heterocycles. The average Bonchev–Trinajstić information content (AvgIpc) is 2.57. The molecule has 1 heterocycles. The first-order chi connectivity index (χ1) is 6.81. The Morgan fingerprint density at radius 3 is 3.29 bits per heavy atom. The third kappa shape index (κ3) is 1.82. The number of hydrogen-bond donors (Lipinski definition) is 1. The van der Waals surface area contributed by atoms with Crippen molar-refractivity contribution in [2.75, 3.05) is 6.54 Å². The van der Waals surface area contributed by atoms with Gasteiger partial charge in [-0.2, -0.15) is 0 Å². The van der Waals surface area contributed by atoms with E-state index in [1.807, 2.05) is 6.33 Å². The van der Waals surface area contributed by atoms with Crippen molar-refractivity contribution in [2.45, 2.75) is 32.1 Å². The third-order valence-corrected chi connectivity index (χ3v) is 3.23. The van der Waals surface area contributed by atoms with Gasteiger partial charge in [0.1, 0.15) is 0 Å². The molecule has 0 aromatic carbocycles. The molecular formula is C11H19N3. The minimum Gasteiger partial charge on any atom is -0.337 e. The van der Waals surface area contributed by atoms with Gasteiger partial charge in [0.15, 0.2) is 0 Å². The van der Waals surface area contributed by atoms with Crippen LogP contribution in [0.4, 0.5) is 0 Å². The number of imidazole rings is 1. The van der Waals surface area contributed by atoms with Crippen LogP contribution in [0, 0.1) is 5.92 Å². The van der Waals surface area contributed by atoms with Crippen LogP contribution in [0.1, 0.15) is 30.7 Å². The van der Waals surface area contributed by atoms with E-state index >= 15 is 0 Å². The number of aryl methyl sites for hydroxylation is 2. The Bertz CT molecular complexity index is 303. The maximum Gasteiger partial charge on any atom is 0.0949 e. The van der Waals surface area contributed by atoms with Gasteiger partial charge in [-0.1, -0.05) is 0 Å². The van der Waals surface area contributed by atoms with Crippen LogP contribution in [0.2, 0.25) is 0 Å². The zero-order chi connectivity index (χ0) is 9.97. The van der Waals surface area contributed by atoms with Crippen LogP contribution in [-0.4, -0.2) is 16.1 Å². The van der Waals surface area contributed by atoms with Gasteiger partial charge in [-0.15, -0.1) is 0 Å². The highest BCUT2D eigenvalue weighted by Crippen LogP contribution is 2.26. The Kier molecular flexibility index (Phi) is 2.87. The highest BCUT2D eigenvalue weighted by molar-refractivity contribution is 5.16. The summed E-state index contributed by atoms with van der Waals surface area (Å²) in [5.74, 6) is 0.835. The molecule has 14 heavy (non-hydrogen) atoms. The van der Waals surface area contributed by atoms with Crippen molar-refractivity contribution in [1.82, 2.24) is 9.55 Å². The maximum atomic E-state index is 5.53. The van der Waals surface area contributed by atoms with Crippen LogP contribution < -0.4 is 5.73 Å². The maximum absolute atomic E-state index is 5.53. The van der Waals surface area contributed by atoms with Gasteiger partial charge >= 0.3 is 0 Å². The highest BCUT2D eigenvalue weighted by Gasteiger charge is 2.21. The summed E-state index contributed by atoms with van der Waals surface area (Å²) >= 11 is 0. The summed E-state index contributed by atoms with van der Waals surface area (Å²) in [7, 11) is 2.09. The van der Waals surface area contributed by atoms with Gasteiger partial charge in [-0.3, -0.25) is 0 Å². The molecule has 0 fully saturated rings. The quantitative estimate of drug-likeness (QED) is 0.785. The number of fused-ring (bicyclic) bond motifs is 1. The van der Waals surface area contributed by atoms with E-state index in [0.717, 1.165) is 25.3 Å². The molecule has 0 aliphatic heterocycles. The van der Waals surface area contributed by atoms with Crippen LogP contribution in [0.3, 0.4) is 0 Å². The van der Waals surface area contributed by atoms with Crippen molar-refractivity contribution >= 4 is 0 Å². The molecule has 0 saturated heterocycles.